The summed E-state index contributed by atoms with van der Waals surface area (Å²) in [6.45, 7) is 3.91. The zero-order valence-electron chi connectivity index (χ0n) is 14.7. The first-order chi connectivity index (χ1) is 12.3. The zero-order chi connectivity index (χ0) is 17.5. The summed E-state index contributed by atoms with van der Waals surface area (Å²) >= 11 is 0. The average Bonchev–Trinajstić information content (AvgIpc) is 3.46. The van der Waals surface area contributed by atoms with Crippen molar-refractivity contribution in [2.24, 2.45) is 5.92 Å². The molecule has 132 valence electrons. The van der Waals surface area contributed by atoms with Gasteiger partial charge in [0.1, 0.15) is 5.75 Å². The molecule has 0 bridgehead atoms. The van der Waals surface area contributed by atoms with Gasteiger partial charge in [-0.2, -0.15) is 0 Å². The molecule has 4 heteroatoms. The third-order valence-electron chi connectivity index (χ3n) is 4.38. The predicted octanol–water partition coefficient (Wildman–Crippen LogP) is 3.29. The van der Waals surface area contributed by atoms with Gasteiger partial charge in [0.25, 0.3) is 0 Å². The normalized spacial score (nSPS) is 14.8. The summed E-state index contributed by atoms with van der Waals surface area (Å²) in [6, 6.07) is 17.8. The van der Waals surface area contributed by atoms with Gasteiger partial charge in [0, 0.05) is 0 Å². The Morgan fingerprint density at radius 2 is 1.76 bits per heavy atom. The van der Waals surface area contributed by atoms with E-state index >= 15 is 0 Å². The standard InChI is InChI=1S/C21H26N2O2/c1-2-25-19-12-10-18(11-13-19)21(17-6-4-3-5-7-17)23-20(24)15-22-14-16-8-9-16/h3-7,10-13,16,21-22H,2,8-9,14-15H2,1H3,(H,23,24). The molecular formula is C21H26N2O2. The van der Waals surface area contributed by atoms with Gasteiger partial charge in [-0.3, -0.25) is 4.79 Å². The highest BCUT2D eigenvalue weighted by atomic mass is 16.5. The molecule has 1 aliphatic carbocycles. The number of rotatable bonds is 9. The number of carbonyl (C=O) groups is 1. The molecule has 0 spiro atoms. The molecule has 0 aliphatic heterocycles. The van der Waals surface area contributed by atoms with Crippen molar-refractivity contribution in [3.05, 3.63) is 65.7 Å². The van der Waals surface area contributed by atoms with Crippen LogP contribution in [0.2, 0.25) is 0 Å². The van der Waals surface area contributed by atoms with Gasteiger partial charge in [-0.25, -0.2) is 0 Å². The quantitative estimate of drug-likeness (QED) is 0.738. The zero-order valence-corrected chi connectivity index (χ0v) is 14.7. The summed E-state index contributed by atoms with van der Waals surface area (Å²) in [7, 11) is 0. The largest absolute Gasteiger partial charge is 0.494 e. The fourth-order valence-electron chi connectivity index (χ4n) is 2.85. The van der Waals surface area contributed by atoms with E-state index in [1.54, 1.807) is 0 Å². The molecule has 1 atom stereocenters. The van der Waals surface area contributed by atoms with Crippen molar-refractivity contribution in [1.82, 2.24) is 10.6 Å². The third-order valence-corrected chi connectivity index (χ3v) is 4.38. The average molecular weight is 338 g/mol. The van der Waals surface area contributed by atoms with Crippen LogP contribution >= 0.6 is 0 Å². The molecule has 1 aliphatic rings. The molecule has 1 saturated carbocycles. The molecule has 0 heterocycles. The first kappa shape index (κ1) is 17.5. The minimum Gasteiger partial charge on any atom is -0.494 e. The first-order valence-electron chi connectivity index (χ1n) is 9.04. The van der Waals surface area contributed by atoms with Gasteiger partial charge >= 0.3 is 0 Å². The van der Waals surface area contributed by atoms with Gasteiger partial charge < -0.3 is 15.4 Å². The van der Waals surface area contributed by atoms with E-state index in [1.165, 1.54) is 12.8 Å². The highest BCUT2D eigenvalue weighted by molar-refractivity contribution is 5.79. The number of hydrogen-bond donors (Lipinski definition) is 2. The molecule has 0 radical (unpaired) electrons. The SMILES string of the molecule is CCOc1ccc(C(NC(=O)CNCC2CC2)c2ccccc2)cc1. The fraction of sp³-hybridized carbons (Fsp3) is 0.381. The minimum absolute atomic E-state index is 0.0170. The summed E-state index contributed by atoms with van der Waals surface area (Å²) < 4.78 is 5.51. The molecule has 1 unspecified atom stereocenters. The Bertz CT molecular complexity index is 666. The molecule has 1 fully saturated rings. The predicted molar refractivity (Wildman–Crippen MR) is 99.6 cm³/mol. The van der Waals surface area contributed by atoms with Gasteiger partial charge in [-0.15, -0.1) is 0 Å². The highest BCUT2D eigenvalue weighted by Gasteiger charge is 2.21. The molecule has 3 rings (SSSR count). The smallest absolute Gasteiger partial charge is 0.234 e. The molecule has 2 aromatic rings. The van der Waals surface area contributed by atoms with Gasteiger partial charge in [-0.1, -0.05) is 42.5 Å². The van der Waals surface area contributed by atoms with E-state index in [0.29, 0.717) is 13.2 Å². The number of ether oxygens (including phenoxy) is 1. The van der Waals surface area contributed by atoms with E-state index in [1.807, 2.05) is 61.5 Å². The Morgan fingerprint density at radius 3 is 2.40 bits per heavy atom. The number of benzene rings is 2. The van der Waals surface area contributed by atoms with Crippen molar-refractivity contribution in [2.45, 2.75) is 25.8 Å². The summed E-state index contributed by atoms with van der Waals surface area (Å²) in [5.41, 5.74) is 2.12. The second kappa shape index (κ2) is 8.67. The summed E-state index contributed by atoms with van der Waals surface area (Å²) in [6.07, 6.45) is 2.57. The van der Waals surface area contributed by atoms with Gasteiger partial charge in [-0.05, 0) is 55.5 Å². The van der Waals surface area contributed by atoms with E-state index in [2.05, 4.69) is 10.6 Å². The lowest BCUT2D eigenvalue weighted by Crippen LogP contribution is -2.37. The molecule has 25 heavy (non-hydrogen) atoms. The molecule has 2 N–H and O–H groups in total. The second-order valence-corrected chi connectivity index (χ2v) is 6.49. The lowest BCUT2D eigenvalue weighted by Gasteiger charge is -2.20. The first-order valence-corrected chi connectivity index (χ1v) is 9.04. The molecule has 1 amide bonds. The van der Waals surface area contributed by atoms with Crippen molar-refractivity contribution in [2.75, 3.05) is 19.7 Å². The monoisotopic (exact) mass is 338 g/mol. The topological polar surface area (TPSA) is 50.4 Å². The molecular weight excluding hydrogens is 312 g/mol. The Kier molecular flexibility index (Phi) is 6.07. The van der Waals surface area contributed by atoms with E-state index in [9.17, 15) is 4.79 Å². The maximum atomic E-state index is 12.4. The maximum absolute atomic E-state index is 12.4. The Morgan fingerprint density at radius 1 is 1.08 bits per heavy atom. The number of nitrogens with one attached hydrogen (secondary N) is 2. The lowest BCUT2D eigenvalue weighted by atomic mass is 9.98. The van der Waals surface area contributed by atoms with E-state index in [0.717, 1.165) is 29.3 Å². The minimum atomic E-state index is -0.160. The Labute approximate surface area is 149 Å². The summed E-state index contributed by atoms with van der Waals surface area (Å²) in [5.74, 6) is 1.63. The van der Waals surface area contributed by atoms with Crippen LogP contribution in [-0.2, 0) is 4.79 Å². The molecule has 0 saturated heterocycles. The highest BCUT2D eigenvalue weighted by Crippen LogP contribution is 2.27. The maximum Gasteiger partial charge on any atom is 0.234 e. The van der Waals surface area contributed by atoms with Crippen LogP contribution in [0.5, 0.6) is 5.75 Å². The molecule has 2 aromatic carbocycles. The van der Waals surface area contributed by atoms with E-state index in [-0.39, 0.29) is 11.9 Å². The fourth-order valence-corrected chi connectivity index (χ4v) is 2.85. The van der Waals surface area contributed by atoms with Crippen LogP contribution in [0.4, 0.5) is 0 Å². The molecule has 4 nitrogen and oxygen atoms in total. The summed E-state index contributed by atoms with van der Waals surface area (Å²) in [4.78, 5) is 12.4. The lowest BCUT2D eigenvalue weighted by molar-refractivity contribution is -0.120. The van der Waals surface area contributed by atoms with Gasteiger partial charge in [0.2, 0.25) is 5.91 Å². The van der Waals surface area contributed by atoms with Crippen molar-refractivity contribution < 1.29 is 9.53 Å². The number of hydrogen-bond acceptors (Lipinski definition) is 3. The van der Waals surface area contributed by atoms with E-state index < -0.39 is 0 Å². The van der Waals surface area contributed by atoms with Crippen molar-refractivity contribution in [3.8, 4) is 5.75 Å². The van der Waals surface area contributed by atoms with Gasteiger partial charge in [0.15, 0.2) is 0 Å². The van der Waals surface area contributed by atoms with Gasteiger partial charge in [0.05, 0.1) is 19.2 Å². The Balaban J connectivity index is 1.69. The Hall–Kier alpha value is -2.33. The van der Waals surface area contributed by atoms with Crippen LogP contribution in [0.15, 0.2) is 54.6 Å². The third kappa shape index (κ3) is 5.33. The van der Waals surface area contributed by atoms with E-state index in [4.69, 9.17) is 4.74 Å². The van der Waals surface area contributed by atoms with Crippen LogP contribution in [0.1, 0.15) is 36.9 Å². The van der Waals surface area contributed by atoms with Crippen molar-refractivity contribution in [1.29, 1.82) is 0 Å². The van der Waals surface area contributed by atoms with Crippen molar-refractivity contribution in [3.63, 3.8) is 0 Å². The summed E-state index contributed by atoms with van der Waals surface area (Å²) in [5, 5.41) is 6.40. The van der Waals surface area contributed by atoms with Crippen LogP contribution in [0, 0.1) is 5.92 Å². The number of amides is 1. The molecule has 0 aromatic heterocycles. The number of carbonyl (C=O) groups excluding carboxylic acids is 1. The van der Waals surface area contributed by atoms with Crippen LogP contribution in [0.25, 0.3) is 0 Å². The van der Waals surface area contributed by atoms with Crippen molar-refractivity contribution >= 4 is 5.91 Å². The van der Waals surface area contributed by atoms with Crippen LogP contribution < -0.4 is 15.4 Å². The van der Waals surface area contributed by atoms with Crippen LogP contribution in [0.3, 0.4) is 0 Å². The van der Waals surface area contributed by atoms with Crippen LogP contribution in [-0.4, -0.2) is 25.6 Å². The second-order valence-electron chi connectivity index (χ2n) is 6.49.